The average Bonchev–Trinajstić information content (AvgIpc) is 2.72. The monoisotopic (exact) mass is 474 g/mol. The molecule has 1 aliphatic rings. The molecule has 11 heteroatoms. The smallest absolute Gasteiger partial charge is 0.255 e. The summed E-state index contributed by atoms with van der Waals surface area (Å²) < 4.78 is 81.4. The molecule has 174 valence electrons. The standard InChI is InChI=1S/C21H22F4N2O4S/c1-12-3-2-7-27(8-6-18(12)28)32(30,31)19-9-13(4-5-15(19)22)21(29)26-14-10-16(23)20(25)17(24)11-14/h4-5,9-12,18,28H,2-3,6-8H2,1H3,(H,26,29). The number of amides is 1. The molecule has 0 spiro atoms. The fraction of sp³-hybridized carbons (Fsp3) is 0.381. The van der Waals surface area contributed by atoms with Crippen LogP contribution in [0.25, 0.3) is 0 Å². The minimum absolute atomic E-state index is 0.0160. The second kappa shape index (κ2) is 9.55. The average molecular weight is 474 g/mol. The highest BCUT2D eigenvalue weighted by Crippen LogP contribution is 2.26. The molecule has 2 unspecified atom stereocenters. The van der Waals surface area contributed by atoms with Crippen molar-refractivity contribution in [2.75, 3.05) is 18.4 Å². The zero-order valence-electron chi connectivity index (χ0n) is 17.1. The molecule has 2 atom stereocenters. The SMILES string of the molecule is CC1CCCN(S(=O)(=O)c2cc(C(=O)Nc3cc(F)c(F)c(F)c3)ccc2F)CCC1O. The molecule has 1 saturated heterocycles. The maximum absolute atomic E-state index is 14.5. The first-order valence-electron chi connectivity index (χ1n) is 9.94. The summed E-state index contributed by atoms with van der Waals surface area (Å²) in [4.78, 5) is 11.7. The van der Waals surface area contributed by atoms with Crippen LogP contribution in [-0.4, -0.2) is 42.9 Å². The number of halogens is 4. The number of carbonyl (C=O) groups is 1. The number of aliphatic hydroxyl groups is 1. The van der Waals surface area contributed by atoms with Gasteiger partial charge in [-0.2, -0.15) is 4.31 Å². The lowest BCUT2D eigenvalue weighted by molar-refractivity contribution is 0.0862. The zero-order valence-corrected chi connectivity index (χ0v) is 17.9. The molecule has 1 heterocycles. The lowest BCUT2D eigenvalue weighted by Crippen LogP contribution is -2.38. The van der Waals surface area contributed by atoms with Gasteiger partial charge < -0.3 is 10.4 Å². The van der Waals surface area contributed by atoms with E-state index in [9.17, 15) is 35.9 Å². The molecule has 0 aromatic heterocycles. The van der Waals surface area contributed by atoms with Crippen molar-refractivity contribution in [1.82, 2.24) is 4.31 Å². The zero-order chi connectivity index (χ0) is 23.6. The van der Waals surface area contributed by atoms with E-state index in [0.717, 1.165) is 22.5 Å². The number of sulfonamides is 1. The van der Waals surface area contributed by atoms with Crippen LogP contribution in [-0.2, 0) is 10.0 Å². The molecular weight excluding hydrogens is 452 g/mol. The van der Waals surface area contributed by atoms with E-state index in [-0.39, 0.29) is 31.0 Å². The second-order valence-corrected chi connectivity index (χ2v) is 9.64. The lowest BCUT2D eigenvalue weighted by Gasteiger charge is -2.29. The van der Waals surface area contributed by atoms with Crippen molar-refractivity contribution in [2.45, 2.75) is 37.2 Å². The van der Waals surface area contributed by atoms with Crippen LogP contribution in [0, 0.1) is 29.2 Å². The highest BCUT2D eigenvalue weighted by molar-refractivity contribution is 7.89. The van der Waals surface area contributed by atoms with E-state index in [1.165, 1.54) is 0 Å². The molecule has 0 aliphatic carbocycles. The molecule has 2 aromatic rings. The number of hydrogen-bond acceptors (Lipinski definition) is 4. The fourth-order valence-electron chi connectivity index (χ4n) is 3.51. The van der Waals surface area contributed by atoms with E-state index in [1.807, 2.05) is 6.92 Å². The van der Waals surface area contributed by atoms with Crippen molar-refractivity contribution < 1.29 is 35.9 Å². The number of anilines is 1. The molecule has 2 aromatic carbocycles. The third-order valence-electron chi connectivity index (χ3n) is 5.45. The van der Waals surface area contributed by atoms with Crippen LogP contribution in [0.2, 0.25) is 0 Å². The molecule has 0 radical (unpaired) electrons. The van der Waals surface area contributed by atoms with Crippen LogP contribution in [0.15, 0.2) is 35.2 Å². The van der Waals surface area contributed by atoms with Crippen LogP contribution in [0.1, 0.15) is 36.5 Å². The Labute approximate surface area is 182 Å². The summed E-state index contributed by atoms with van der Waals surface area (Å²) in [6.45, 7) is 1.98. The number of nitrogens with one attached hydrogen (secondary N) is 1. The highest BCUT2D eigenvalue weighted by atomic mass is 32.2. The van der Waals surface area contributed by atoms with Gasteiger partial charge in [0.15, 0.2) is 17.5 Å². The van der Waals surface area contributed by atoms with Gasteiger partial charge in [0, 0.05) is 36.5 Å². The van der Waals surface area contributed by atoms with Gasteiger partial charge in [0.05, 0.1) is 6.10 Å². The predicted molar refractivity (Wildman–Crippen MR) is 108 cm³/mol. The normalized spacial score (nSPS) is 20.4. The summed E-state index contributed by atoms with van der Waals surface area (Å²) in [5.41, 5.74) is -0.678. The lowest BCUT2D eigenvalue weighted by atomic mass is 9.95. The predicted octanol–water partition coefficient (Wildman–Crippen LogP) is 3.67. The summed E-state index contributed by atoms with van der Waals surface area (Å²) >= 11 is 0. The van der Waals surface area contributed by atoms with E-state index in [4.69, 9.17) is 0 Å². The van der Waals surface area contributed by atoms with E-state index >= 15 is 0 Å². The van der Waals surface area contributed by atoms with Crippen molar-refractivity contribution in [1.29, 1.82) is 0 Å². The quantitative estimate of drug-likeness (QED) is 0.523. The maximum Gasteiger partial charge on any atom is 0.255 e. The van der Waals surface area contributed by atoms with Gasteiger partial charge in [-0.25, -0.2) is 26.0 Å². The van der Waals surface area contributed by atoms with E-state index < -0.39 is 55.9 Å². The first kappa shape index (κ1) is 24.1. The topological polar surface area (TPSA) is 86.7 Å². The molecular formula is C21H22F4N2O4S. The van der Waals surface area contributed by atoms with E-state index in [0.29, 0.717) is 25.0 Å². The number of carbonyl (C=O) groups excluding carboxylic acids is 1. The highest BCUT2D eigenvalue weighted by Gasteiger charge is 2.31. The molecule has 1 aliphatic heterocycles. The minimum Gasteiger partial charge on any atom is -0.393 e. The molecule has 0 saturated carbocycles. The Kier molecular flexibility index (Phi) is 7.21. The molecule has 6 nitrogen and oxygen atoms in total. The number of rotatable bonds is 4. The van der Waals surface area contributed by atoms with Gasteiger partial charge >= 0.3 is 0 Å². The Morgan fingerprint density at radius 3 is 2.34 bits per heavy atom. The largest absolute Gasteiger partial charge is 0.393 e. The minimum atomic E-state index is -4.32. The Bertz CT molecular complexity index is 1100. The van der Waals surface area contributed by atoms with Crippen LogP contribution >= 0.6 is 0 Å². The Hall–Kier alpha value is -2.50. The van der Waals surface area contributed by atoms with Gasteiger partial charge in [0.1, 0.15) is 10.7 Å². The van der Waals surface area contributed by atoms with Crippen molar-refractivity contribution in [3.8, 4) is 0 Å². The summed E-state index contributed by atoms with van der Waals surface area (Å²) in [7, 11) is -4.32. The van der Waals surface area contributed by atoms with E-state index in [1.54, 1.807) is 0 Å². The van der Waals surface area contributed by atoms with Crippen molar-refractivity contribution in [3.05, 3.63) is 59.2 Å². The number of aliphatic hydroxyl groups excluding tert-OH is 1. The number of nitrogens with zero attached hydrogens (tertiary/aromatic N) is 1. The molecule has 0 bridgehead atoms. The fourth-order valence-corrected chi connectivity index (χ4v) is 5.09. The first-order valence-corrected chi connectivity index (χ1v) is 11.4. The third kappa shape index (κ3) is 5.11. The maximum atomic E-state index is 14.5. The summed E-state index contributed by atoms with van der Waals surface area (Å²) in [6.07, 6.45) is 0.569. The van der Waals surface area contributed by atoms with Crippen molar-refractivity contribution in [3.63, 3.8) is 0 Å². The summed E-state index contributed by atoms with van der Waals surface area (Å²) in [6, 6.07) is 3.76. The Morgan fingerprint density at radius 2 is 1.69 bits per heavy atom. The molecule has 1 fully saturated rings. The third-order valence-corrected chi connectivity index (χ3v) is 7.36. The van der Waals surface area contributed by atoms with Crippen molar-refractivity contribution >= 4 is 21.6 Å². The van der Waals surface area contributed by atoms with Crippen LogP contribution in [0.5, 0.6) is 0 Å². The van der Waals surface area contributed by atoms with Gasteiger partial charge in [-0.05, 0) is 43.4 Å². The van der Waals surface area contributed by atoms with Crippen LogP contribution in [0.4, 0.5) is 23.2 Å². The summed E-state index contributed by atoms with van der Waals surface area (Å²) in [5.74, 6) is -6.76. The Morgan fingerprint density at radius 1 is 1.03 bits per heavy atom. The van der Waals surface area contributed by atoms with Crippen molar-refractivity contribution in [2.24, 2.45) is 5.92 Å². The number of benzene rings is 2. The molecule has 2 N–H and O–H groups in total. The van der Waals surface area contributed by atoms with Gasteiger partial charge in [0.2, 0.25) is 10.0 Å². The Balaban J connectivity index is 1.86. The number of hydrogen-bond donors (Lipinski definition) is 2. The molecule has 1 amide bonds. The van der Waals surface area contributed by atoms with Gasteiger partial charge in [-0.1, -0.05) is 6.92 Å². The first-order chi connectivity index (χ1) is 15.0. The molecule has 3 rings (SSSR count). The van der Waals surface area contributed by atoms with Gasteiger partial charge in [0.25, 0.3) is 5.91 Å². The van der Waals surface area contributed by atoms with E-state index in [2.05, 4.69) is 5.32 Å². The van der Waals surface area contributed by atoms with Crippen LogP contribution < -0.4 is 5.32 Å². The van der Waals surface area contributed by atoms with Gasteiger partial charge in [-0.3, -0.25) is 4.79 Å². The molecule has 32 heavy (non-hydrogen) atoms. The van der Waals surface area contributed by atoms with Crippen LogP contribution in [0.3, 0.4) is 0 Å². The second-order valence-electron chi connectivity index (χ2n) is 7.73. The summed E-state index contributed by atoms with van der Waals surface area (Å²) in [5, 5.41) is 12.2. The van der Waals surface area contributed by atoms with Gasteiger partial charge in [-0.15, -0.1) is 0 Å².